The summed E-state index contributed by atoms with van der Waals surface area (Å²) in [7, 11) is 3.13. The first-order valence-corrected chi connectivity index (χ1v) is 8.50. The molecular formula is C16H20N4O2S. The Balaban J connectivity index is 2.54. The first kappa shape index (κ1) is 17.1. The minimum atomic E-state index is -3.52. The lowest BCUT2D eigenvalue weighted by Gasteiger charge is -2.21. The van der Waals surface area contributed by atoms with Crippen LogP contribution in [0.5, 0.6) is 0 Å². The number of hydrogen-bond donors (Lipinski definition) is 1. The van der Waals surface area contributed by atoms with E-state index in [0.29, 0.717) is 12.1 Å². The first-order valence-electron chi connectivity index (χ1n) is 7.06. The number of sulfonamides is 1. The Morgan fingerprint density at radius 3 is 2.39 bits per heavy atom. The number of anilines is 1. The van der Waals surface area contributed by atoms with Crippen LogP contribution < -0.4 is 4.90 Å². The van der Waals surface area contributed by atoms with Crippen LogP contribution >= 0.6 is 0 Å². The third kappa shape index (κ3) is 3.38. The Labute approximate surface area is 137 Å². The highest BCUT2D eigenvalue weighted by Crippen LogP contribution is 2.31. The summed E-state index contributed by atoms with van der Waals surface area (Å²) in [6, 6.07) is 11.1. The average molecular weight is 332 g/mol. The predicted octanol–water partition coefficient (Wildman–Crippen LogP) is 2.06. The van der Waals surface area contributed by atoms with Gasteiger partial charge in [0, 0.05) is 45.1 Å². The van der Waals surface area contributed by atoms with E-state index in [-0.39, 0.29) is 4.90 Å². The second-order valence-electron chi connectivity index (χ2n) is 5.60. The Kier molecular flexibility index (Phi) is 4.78. The van der Waals surface area contributed by atoms with E-state index in [9.17, 15) is 8.42 Å². The molecule has 7 heteroatoms. The van der Waals surface area contributed by atoms with Gasteiger partial charge in [0.1, 0.15) is 4.90 Å². The lowest BCUT2D eigenvalue weighted by atomic mass is 10.1. The fourth-order valence-corrected chi connectivity index (χ4v) is 3.39. The summed E-state index contributed by atoms with van der Waals surface area (Å²) in [5, 5.41) is 8.75. The van der Waals surface area contributed by atoms with Crippen molar-refractivity contribution >= 4 is 15.7 Å². The zero-order valence-electron chi connectivity index (χ0n) is 13.7. The summed E-state index contributed by atoms with van der Waals surface area (Å²) >= 11 is 0. The topological polar surface area (TPSA) is 80.2 Å². The molecule has 0 aliphatic heterocycles. The van der Waals surface area contributed by atoms with Crippen molar-refractivity contribution in [2.45, 2.75) is 11.3 Å². The second-order valence-corrected chi connectivity index (χ2v) is 7.72. The minimum Gasteiger partial charge on any atom is -0.377 e. The van der Waals surface area contributed by atoms with Crippen LogP contribution in [0.1, 0.15) is 5.69 Å². The number of H-pyrrole nitrogens is 1. The van der Waals surface area contributed by atoms with Crippen LogP contribution in [0.4, 0.5) is 5.69 Å². The van der Waals surface area contributed by atoms with Gasteiger partial charge in [-0.3, -0.25) is 0 Å². The maximum absolute atomic E-state index is 12.4. The molecule has 0 bridgehead atoms. The molecule has 1 N–H and O–H groups in total. The zero-order valence-corrected chi connectivity index (χ0v) is 14.5. The van der Waals surface area contributed by atoms with Crippen molar-refractivity contribution in [3.05, 3.63) is 36.0 Å². The molecule has 0 aliphatic rings. The number of nitrogens with one attached hydrogen (secondary N) is 1. The highest BCUT2D eigenvalue weighted by Gasteiger charge is 2.22. The van der Waals surface area contributed by atoms with Crippen LogP contribution in [0, 0.1) is 11.3 Å². The number of aromatic nitrogens is 1. The SMILES string of the molecule is CN(C)c1cc(-c2ccc(CC#N)[nH]2)ccc1S(=O)(=O)N(C)C. The van der Waals surface area contributed by atoms with Gasteiger partial charge in [0.25, 0.3) is 0 Å². The van der Waals surface area contributed by atoms with Crippen molar-refractivity contribution in [3.63, 3.8) is 0 Å². The lowest BCUT2D eigenvalue weighted by molar-refractivity contribution is 0.521. The number of hydrogen-bond acceptors (Lipinski definition) is 4. The van der Waals surface area contributed by atoms with E-state index < -0.39 is 10.0 Å². The van der Waals surface area contributed by atoms with E-state index >= 15 is 0 Å². The number of aromatic amines is 1. The van der Waals surface area contributed by atoms with Gasteiger partial charge in [0.05, 0.1) is 18.2 Å². The highest BCUT2D eigenvalue weighted by atomic mass is 32.2. The van der Waals surface area contributed by atoms with Crippen LogP contribution in [-0.2, 0) is 16.4 Å². The molecule has 0 amide bonds. The van der Waals surface area contributed by atoms with Gasteiger partial charge >= 0.3 is 0 Å². The maximum Gasteiger partial charge on any atom is 0.244 e. The molecular weight excluding hydrogens is 312 g/mol. The fraction of sp³-hybridized carbons (Fsp3) is 0.312. The molecule has 0 radical (unpaired) electrons. The average Bonchev–Trinajstić information content (AvgIpc) is 2.95. The van der Waals surface area contributed by atoms with E-state index in [4.69, 9.17) is 5.26 Å². The third-order valence-electron chi connectivity index (χ3n) is 3.53. The largest absolute Gasteiger partial charge is 0.377 e. The molecule has 2 aromatic rings. The Hall–Kier alpha value is -2.30. The fourth-order valence-electron chi connectivity index (χ4n) is 2.25. The number of nitrogens with zero attached hydrogens (tertiary/aromatic N) is 3. The number of rotatable bonds is 5. The van der Waals surface area contributed by atoms with E-state index in [2.05, 4.69) is 11.1 Å². The van der Waals surface area contributed by atoms with Crippen LogP contribution in [-0.4, -0.2) is 45.9 Å². The van der Waals surface area contributed by atoms with Crippen molar-refractivity contribution in [1.82, 2.24) is 9.29 Å². The molecule has 0 saturated heterocycles. The van der Waals surface area contributed by atoms with E-state index in [0.717, 1.165) is 17.0 Å². The van der Waals surface area contributed by atoms with Gasteiger partial charge in [-0.2, -0.15) is 5.26 Å². The number of nitriles is 1. The summed E-state index contributed by atoms with van der Waals surface area (Å²) in [6.07, 6.45) is 0.313. The quantitative estimate of drug-likeness (QED) is 0.909. The molecule has 0 fully saturated rings. The molecule has 23 heavy (non-hydrogen) atoms. The monoisotopic (exact) mass is 332 g/mol. The lowest BCUT2D eigenvalue weighted by Crippen LogP contribution is -2.24. The maximum atomic E-state index is 12.4. The van der Waals surface area contributed by atoms with Crippen LogP contribution in [0.25, 0.3) is 11.3 Å². The highest BCUT2D eigenvalue weighted by molar-refractivity contribution is 7.89. The van der Waals surface area contributed by atoms with Gasteiger partial charge in [-0.1, -0.05) is 6.07 Å². The van der Waals surface area contributed by atoms with Gasteiger partial charge < -0.3 is 9.88 Å². The molecule has 0 aliphatic carbocycles. The normalized spacial score (nSPS) is 11.5. The molecule has 0 unspecified atom stereocenters. The predicted molar refractivity (Wildman–Crippen MR) is 90.7 cm³/mol. The molecule has 0 saturated carbocycles. The Morgan fingerprint density at radius 2 is 1.83 bits per heavy atom. The van der Waals surface area contributed by atoms with E-state index in [1.54, 1.807) is 17.0 Å². The second kappa shape index (κ2) is 6.44. The molecule has 1 heterocycles. The van der Waals surface area contributed by atoms with Crippen LogP contribution in [0.3, 0.4) is 0 Å². The van der Waals surface area contributed by atoms with Gasteiger partial charge in [-0.15, -0.1) is 0 Å². The van der Waals surface area contributed by atoms with Crippen molar-refractivity contribution in [2.24, 2.45) is 0 Å². The van der Waals surface area contributed by atoms with E-state index in [1.807, 2.05) is 32.3 Å². The Morgan fingerprint density at radius 1 is 1.13 bits per heavy atom. The summed E-state index contributed by atoms with van der Waals surface area (Å²) in [5.74, 6) is 0. The van der Waals surface area contributed by atoms with Crippen molar-refractivity contribution in [1.29, 1.82) is 5.26 Å². The van der Waals surface area contributed by atoms with Crippen molar-refractivity contribution in [3.8, 4) is 17.3 Å². The summed E-state index contributed by atoms with van der Waals surface area (Å²) in [4.78, 5) is 5.22. The van der Waals surface area contributed by atoms with Gasteiger partial charge in [0.2, 0.25) is 10.0 Å². The smallest absolute Gasteiger partial charge is 0.244 e. The van der Waals surface area contributed by atoms with Crippen LogP contribution in [0.2, 0.25) is 0 Å². The molecule has 6 nitrogen and oxygen atoms in total. The molecule has 2 rings (SSSR count). The van der Waals surface area contributed by atoms with Gasteiger partial charge in [0.15, 0.2) is 0 Å². The molecule has 122 valence electrons. The number of benzene rings is 1. The van der Waals surface area contributed by atoms with Crippen LogP contribution in [0.15, 0.2) is 35.2 Å². The summed E-state index contributed by atoms with van der Waals surface area (Å²) in [5.41, 5.74) is 3.18. The minimum absolute atomic E-state index is 0.264. The molecule has 0 atom stereocenters. The van der Waals surface area contributed by atoms with Gasteiger partial charge in [-0.25, -0.2) is 12.7 Å². The molecule has 1 aromatic carbocycles. The van der Waals surface area contributed by atoms with Crippen molar-refractivity contribution < 1.29 is 8.42 Å². The zero-order chi connectivity index (χ0) is 17.2. The van der Waals surface area contributed by atoms with E-state index in [1.165, 1.54) is 18.4 Å². The Bertz CT molecular complexity index is 845. The summed E-state index contributed by atoms with van der Waals surface area (Å²) < 4.78 is 26.1. The molecule has 0 spiro atoms. The third-order valence-corrected chi connectivity index (χ3v) is 5.39. The molecule has 1 aromatic heterocycles. The standard InChI is InChI=1S/C16H20N4O2S/c1-19(2)15-11-12(14-7-6-13(18-14)9-10-17)5-8-16(15)23(21,22)20(3)4/h5-8,11,18H,9H2,1-4H3. The first-order chi connectivity index (χ1) is 10.8. The summed E-state index contributed by atoms with van der Waals surface area (Å²) in [6.45, 7) is 0. The van der Waals surface area contributed by atoms with Crippen molar-refractivity contribution in [2.75, 3.05) is 33.1 Å². The van der Waals surface area contributed by atoms with Gasteiger partial charge in [-0.05, 0) is 24.3 Å².